The lowest BCUT2D eigenvalue weighted by atomic mass is 9.74. The van der Waals surface area contributed by atoms with Gasteiger partial charge in [0.1, 0.15) is 0 Å². The van der Waals surface area contributed by atoms with Gasteiger partial charge in [0.05, 0.1) is 6.61 Å². The molecule has 0 bridgehead atoms. The van der Waals surface area contributed by atoms with Crippen LogP contribution in [0.2, 0.25) is 0 Å². The van der Waals surface area contributed by atoms with Crippen LogP contribution in [-0.2, 0) is 4.79 Å². The summed E-state index contributed by atoms with van der Waals surface area (Å²) in [5, 5.41) is 10.00. The van der Waals surface area contributed by atoms with Gasteiger partial charge in [0.25, 0.3) is 0 Å². The van der Waals surface area contributed by atoms with Crippen molar-refractivity contribution in [3.8, 4) is 11.1 Å². The average molecular weight is 365 g/mol. The lowest BCUT2D eigenvalue weighted by Gasteiger charge is -2.57. The van der Waals surface area contributed by atoms with E-state index in [2.05, 4.69) is 34.1 Å². The number of benzene rings is 1. The molecule has 27 heavy (non-hydrogen) atoms. The molecule has 2 aliphatic heterocycles. The molecule has 1 aromatic carbocycles. The highest BCUT2D eigenvalue weighted by atomic mass is 16.3. The van der Waals surface area contributed by atoms with E-state index in [-0.39, 0.29) is 30.5 Å². The van der Waals surface area contributed by atoms with Gasteiger partial charge in [0, 0.05) is 50.4 Å². The third-order valence-corrected chi connectivity index (χ3v) is 6.12. The summed E-state index contributed by atoms with van der Waals surface area (Å²) in [6.45, 7) is 4.42. The van der Waals surface area contributed by atoms with Gasteiger partial charge in [-0.15, -0.1) is 0 Å². The predicted molar refractivity (Wildman–Crippen MR) is 105 cm³/mol. The first-order valence-corrected chi connectivity index (χ1v) is 9.81. The number of carbonyl (C=O) groups excluding carboxylic acids is 1. The summed E-state index contributed by atoms with van der Waals surface area (Å²) in [4.78, 5) is 20.4. The first-order chi connectivity index (χ1) is 13.2. The van der Waals surface area contributed by atoms with Gasteiger partial charge in [-0.2, -0.15) is 0 Å². The van der Waals surface area contributed by atoms with Gasteiger partial charge in [0.2, 0.25) is 5.91 Å². The highest BCUT2D eigenvalue weighted by Gasteiger charge is 2.49. The topological polar surface area (TPSA) is 56.7 Å². The maximum atomic E-state index is 12.0. The number of rotatable bonds is 3. The number of aromatic nitrogens is 1. The van der Waals surface area contributed by atoms with Crippen LogP contribution in [0.15, 0.2) is 48.8 Å². The van der Waals surface area contributed by atoms with Crippen LogP contribution in [0, 0.1) is 0 Å². The molecule has 3 atom stereocenters. The molecular formula is C22H27N3O2. The number of carbonyl (C=O) groups is 1. The van der Waals surface area contributed by atoms with Crippen LogP contribution < -0.4 is 0 Å². The van der Waals surface area contributed by atoms with E-state index in [1.54, 1.807) is 19.3 Å². The second kappa shape index (κ2) is 7.79. The molecule has 0 saturated carbocycles. The lowest BCUT2D eigenvalue weighted by Crippen LogP contribution is -2.67. The third kappa shape index (κ3) is 3.49. The quantitative estimate of drug-likeness (QED) is 0.908. The Labute approximate surface area is 160 Å². The van der Waals surface area contributed by atoms with Crippen LogP contribution >= 0.6 is 0 Å². The van der Waals surface area contributed by atoms with Crippen molar-refractivity contribution < 1.29 is 9.90 Å². The van der Waals surface area contributed by atoms with E-state index in [0.717, 1.165) is 38.0 Å². The summed E-state index contributed by atoms with van der Waals surface area (Å²) in [7, 11) is 0. The molecule has 0 spiro atoms. The van der Waals surface area contributed by atoms with Crippen molar-refractivity contribution >= 4 is 5.91 Å². The molecule has 2 aliphatic rings. The summed E-state index contributed by atoms with van der Waals surface area (Å²) in [5.74, 6) is 0.414. The van der Waals surface area contributed by atoms with E-state index in [4.69, 9.17) is 0 Å². The number of hydrogen-bond acceptors (Lipinski definition) is 4. The van der Waals surface area contributed by atoms with E-state index in [1.807, 2.05) is 17.0 Å². The van der Waals surface area contributed by atoms with Gasteiger partial charge in [0.15, 0.2) is 0 Å². The van der Waals surface area contributed by atoms with Crippen molar-refractivity contribution in [2.45, 2.75) is 37.8 Å². The zero-order chi connectivity index (χ0) is 18.8. The predicted octanol–water partition coefficient (Wildman–Crippen LogP) is 2.52. The van der Waals surface area contributed by atoms with Gasteiger partial charge in [-0.05, 0) is 48.2 Å². The molecule has 0 aliphatic carbocycles. The number of amides is 1. The first-order valence-electron chi connectivity index (χ1n) is 9.81. The fourth-order valence-corrected chi connectivity index (χ4v) is 4.67. The van der Waals surface area contributed by atoms with Crippen LogP contribution in [0.3, 0.4) is 0 Å². The van der Waals surface area contributed by atoms with E-state index in [1.165, 1.54) is 11.1 Å². The zero-order valence-electron chi connectivity index (χ0n) is 15.8. The monoisotopic (exact) mass is 365 g/mol. The van der Waals surface area contributed by atoms with Crippen LogP contribution in [0.5, 0.6) is 0 Å². The zero-order valence-corrected chi connectivity index (χ0v) is 15.8. The minimum Gasteiger partial charge on any atom is -0.395 e. The number of pyridine rings is 1. The molecule has 5 heteroatoms. The maximum absolute atomic E-state index is 12.0. The summed E-state index contributed by atoms with van der Waals surface area (Å²) in [5.41, 5.74) is 3.57. The number of fused-ring (bicyclic) bond motifs is 1. The summed E-state index contributed by atoms with van der Waals surface area (Å²) >= 11 is 0. The van der Waals surface area contributed by atoms with Crippen molar-refractivity contribution in [2.24, 2.45) is 0 Å². The van der Waals surface area contributed by atoms with Gasteiger partial charge in [-0.25, -0.2) is 0 Å². The summed E-state index contributed by atoms with van der Waals surface area (Å²) in [6.07, 6.45) is 5.72. The summed E-state index contributed by atoms with van der Waals surface area (Å²) in [6, 6.07) is 13.1. The Hall–Kier alpha value is -2.24. The minimum absolute atomic E-state index is 0.147. The molecule has 142 valence electrons. The highest BCUT2D eigenvalue weighted by molar-refractivity contribution is 5.73. The third-order valence-electron chi connectivity index (χ3n) is 6.12. The first kappa shape index (κ1) is 18.1. The maximum Gasteiger partial charge on any atom is 0.219 e. The van der Waals surface area contributed by atoms with Gasteiger partial charge < -0.3 is 10.0 Å². The highest BCUT2D eigenvalue weighted by Crippen LogP contribution is 2.42. The molecular weight excluding hydrogens is 338 g/mol. The molecule has 5 nitrogen and oxygen atoms in total. The van der Waals surface area contributed by atoms with Crippen molar-refractivity contribution in [1.82, 2.24) is 14.8 Å². The molecule has 2 fully saturated rings. The molecule has 1 N–H and O–H groups in total. The van der Waals surface area contributed by atoms with E-state index >= 15 is 0 Å². The Morgan fingerprint density at radius 2 is 1.74 bits per heavy atom. The standard InChI is InChI=1S/C22H27N3O2/c1-16(27)24-12-2-3-13-25-20(14-24)22(21(25)15-26)19-6-4-17(5-7-19)18-8-10-23-11-9-18/h4-11,20-22,26H,2-3,12-15H2,1H3/t20-,21+,22-/m0/s1. The molecule has 0 unspecified atom stereocenters. The SMILES string of the molecule is CC(=O)N1CCCCN2[C@H](CO)[C@@H](c3ccc(-c4ccncc4)cc3)[C@@H]2C1. The van der Waals surface area contributed by atoms with E-state index in [9.17, 15) is 9.90 Å². The number of aliphatic hydroxyl groups excluding tert-OH is 1. The van der Waals surface area contributed by atoms with Crippen molar-refractivity contribution in [1.29, 1.82) is 0 Å². The second-order valence-electron chi connectivity index (χ2n) is 7.61. The Balaban J connectivity index is 1.58. The smallest absolute Gasteiger partial charge is 0.219 e. The second-order valence-corrected chi connectivity index (χ2v) is 7.61. The Morgan fingerprint density at radius 3 is 2.41 bits per heavy atom. The number of hydrogen-bond donors (Lipinski definition) is 1. The van der Waals surface area contributed by atoms with Gasteiger partial charge in [-0.1, -0.05) is 24.3 Å². The fraction of sp³-hybridized carbons (Fsp3) is 0.455. The number of nitrogens with zero attached hydrogens (tertiary/aromatic N) is 3. The Morgan fingerprint density at radius 1 is 1.07 bits per heavy atom. The molecule has 1 aromatic heterocycles. The van der Waals surface area contributed by atoms with Crippen LogP contribution in [-0.4, -0.2) is 64.1 Å². The molecule has 4 rings (SSSR count). The van der Waals surface area contributed by atoms with Gasteiger partial charge >= 0.3 is 0 Å². The van der Waals surface area contributed by atoms with Crippen LogP contribution in [0.4, 0.5) is 0 Å². The molecule has 1 amide bonds. The normalized spacial score (nSPS) is 25.9. The number of aliphatic hydroxyl groups is 1. The Bertz CT molecular complexity index is 778. The lowest BCUT2D eigenvalue weighted by molar-refractivity contribution is -0.134. The molecule has 0 radical (unpaired) electrons. The van der Waals surface area contributed by atoms with Crippen molar-refractivity contribution in [3.63, 3.8) is 0 Å². The average Bonchev–Trinajstić information content (AvgIpc) is 2.67. The van der Waals surface area contributed by atoms with Crippen molar-refractivity contribution in [3.05, 3.63) is 54.4 Å². The van der Waals surface area contributed by atoms with Crippen LogP contribution in [0.25, 0.3) is 11.1 Å². The van der Waals surface area contributed by atoms with Crippen LogP contribution in [0.1, 0.15) is 31.2 Å². The minimum atomic E-state index is 0.147. The Kier molecular flexibility index (Phi) is 5.23. The molecule has 2 saturated heterocycles. The fourth-order valence-electron chi connectivity index (χ4n) is 4.67. The molecule has 2 aromatic rings. The van der Waals surface area contributed by atoms with Crippen molar-refractivity contribution in [2.75, 3.05) is 26.2 Å². The molecule has 3 heterocycles. The summed E-state index contributed by atoms with van der Waals surface area (Å²) < 4.78 is 0. The van der Waals surface area contributed by atoms with Gasteiger partial charge in [-0.3, -0.25) is 14.7 Å². The largest absolute Gasteiger partial charge is 0.395 e. The van der Waals surface area contributed by atoms with E-state index in [0.29, 0.717) is 0 Å². The van der Waals surface area contributed by atoms with E-state index < -0.39 is 0 Å².